The van der Waals surface area contributed by atoms with E-state index >= 15 is 0 Å². The van der Waals surface area contributed by atoms with Crippen molar-refractivity contribution >= 4 is 17.5 Å². The van der Waals surface area contributed by atoms with Gasteiger partial charge in [0.1, 0.15) is 18.1 Å². The Labute approximate surface area is 225 Å². The van der Waals surface area contributed by atoms with Gasteiger partial charge in [0.25, 0.3) is 0 Å². The number of benzene rings is 3. The molecule has 0 saturated heterocycles. The lowest BCUT2D eigenvalue weighted by atomic mass is 9.87. The van der Waals surface area contributed by atoms with Crippen LogP contribution in [0.15, 0.2) is 84.0 Å². The van der Waals surface area contributed by atoms with Crippen LogP contribution in [0.4, 0.5) is 8.78 Å². The van der Waals surface area contributed by atoms with Gasteiger partial charge in [-0.2, -0.15) is 8.78 Å². The summed E-state index contributed by atoms with van der Waals surface area (Å²) in [6, 6.07) is 23.3. The van der Waals surface area contributed by atoms with Gasteiger partial charge in [0.05, 0.1) is 5.25 Å². The molecule has 1 unspecified atom stereocenters. The van der Waals surface area contributed by atoms with Gasteiger partial charge >= 0.3 is 6.61 Å². The summed E-state index contributed by atoms with van der Waals surface area (Å²) in [5, 5.41) is 8.74. The summed E-state index contributed by atoms with van der Waals surface area (Å²) in [5.74, 6) is 1.14. The van der Waals surface area contributed by atoms with Gasteiger partial charge < -0.3 is 9.47 Å². The zero-order chi connectivity index (χ0) is 27.3. The van der Waals surface area contributed by atoms with E-state index in [1.54, 1.807) is 6.92 Å². The summed E-state index contributed by atoms with van der Waals surface area (Å²) < 4.78 is 37.1. The van der Waals surface area contributed by atoms with Crippen molar-refractivity contribution in [3.05, 3.63) is 95.8 Å². The van der Waals surface area contributed by atoms with Gasteiger partial charge in [0, 0.05) is 11.3 Å². The Bertz CT molecular complexity index is 1350. The molecule has 38 heavy (non-hydrogen) atoms. The van der Waals surface area contributed by atoms with Crippen LogP contribution in [0.1, 0.15) is 49.4 Å². The number of Topliss-reactive ketones (excluding diaryl/α,β-unsaturated/α-hetero) is 1. The van der Waals surface area contributed by atoms with E-state index in [1.807, 2.05) is 47.0 Å². The van der Waals surface area contributed by atoms with Gasteiger partial charge in [-0.25, -0.2) is 0 Å². The Morgan fingerprint density at radius 1 is 0.921 bits per heavy atom. The highest BCUT2D eigenvalue weighted by Gasteiger charge is 2.23. The van der Waals surface area contributed by atoms with Crippen LogP contribution < -0.4 is 9.47 Å². The molecule has 0 saturated carbocycles. The second-order valence-corrected chi connectivity index (χ2v) is 11.0. The van der Waals surface area contributed by atoms with Crippen LogP contribution in [0.3, 0.4) is 0 Å². The summed E-state index contributed by atoms with van der Waals surface area (Å²) in [6.45, 7) is 5.52. The fourth-order valence-corrected chi connectivity index (χ4v) is 4.72. The maximum Gasteiger partial charge on any atom is 0.387 e. The second-order valence-electron chi connectivity index (χ2n) is 9.66. The lowest BCUT2D eigenvalue weighted by Gasteiger charge is -2.19. The molecule has 0 aliphatic heterocycles. The molecule has 0 amide bonds. The molecule has 4 aromatic rings. The largest absolute Gasteiger partial charge is 0.486 e. The van der Waals surface area contributed by atoms with Crippen molar-refractivity contribution in [3.63, 3.8) is 0 Å². The normalized spacial score (nSPS) is 12.4. The first-order chi connectivity index (χ1) is 18.1. The van der Waals surface area contributed by atoms with Crippen molar-refractivity contribution in [3.8, 4) is 17.2 Å². The summed E-state index contributed by atoms with van der Waals surface area (Å²) in [6.07, 6.45) is 0. The zero-order valence-electron chi connectivity index (χ0n) is 21.6. The molecule has 0 N–H and O–H groups in total. The minimum absolute atomic E-state index is 0.00151. The van der Waals surface area contributed by atoms with Gasteiger partial charge in [0.2, 0.25) is 0 Å². The van der Waals surface area contributed by atoms with E-state index in [-0.39, 0.29) is 23.6 Å². The molecular weight excluding hydrogens is 508 g/mol. The fourth-order valence-electron chi connectivity index (χ4n) is 3.75. The lowest BCUT2D eigenvalue weighted by Crippen LogP contribution is -2.15. The number of halogens is 2. The van der Waals surface area contributed by atoms with Crippen molar-refractivity contribution in [2.45, 2.75) is 56.7 Å². The molecular formula is C29H29F2N3O3S. The van der Waals surface area contributed by atoms with Crippen LogP contribution in [0.2, 0.25) is 0 Å². The summed E-state index contributed by atoms with van der Waals surface area (Å²) >= 11 is 1.26. The van der Waals surface area contributed by atoms with Crippen molar-refractivity contribution < 1.29 is 23.0 Å². The first kappa shape index (κ1) is 27.3. The molecule has 0 aliphatic rings. The number of rotatable bonds is 10. The number of thioether (sulfide) groups is 1. The van der Waals surface area contributed by atoms with E-state index in [9.17, 15) is 13.6 Å². The molecule has 1 heterocycles. The number of carbonyl (C=O) groups is 1. The van der Waals surface area contributed by atoms with E-state index in [2.05, 4.69) is 47.8 Å². The predicted octanol–water partition coefficient (Wildman–Crippen LogP) is 7.11. The molecule has 0 fully saturated rings. The third kappa shape index (κ3) is 6.77. The van der Waals surface area contributed by atoms with Crippen molar-refractivity contribution in [2.24, 2.45) is 0 Å². The molecule has 0 aliphatic carbocycles. The SMILES string of the molecule is CC(Sc1nnc(COc2ccc(C(C)(C)C)cc2)n1-c1ccccc1)C(=O)c1ccc(OC(F)F)cc1. The van der Waals surface area contributed by atoms with E-state index in [1.165, 1.54) is 41.6 Å². The molecule has 3 aromatic carbocycles. The Morgan fingerprint density at radius 2 is 1.55 bits per heavy atom. The smallest absolute Gasteiger partial charge is 0.387 e. The minimum atomic E-state index is -2.92. The number of hydrogen-bond donors (Lipinski definition) is 0. The van der Waals surface area contributed by atoms with Crippen molar-refractivity contribution in [1.29, 1.82) is 0 Å². The fraction of sp³-hybridized carbons (Fsp3) is 0.276. The van der Waals surface area contributed by atoms with Crippen LogP contribution in [0.25, 0.3) is 5.69 Å². The molecule has 198 valence electrons. The number of hydrogen-bond acceptors (Lipinski definition) is 6. The molecule has 6 nitrogen and oxygen atoms in total. The number of alkyl halides is 2. The monoisotopic (exact) mass is 537 g/mol. The lowest BCUT2D eigenvalue weighted by molar-refractivity contribution is -0.0498. The molecule has 0 spiro atoms. The number of ketones is 1. The third-order valence-corrected chi connectivity index (χ3v) is 6.86. The van der Waals surface area contributed by atoms with Crippen molar-refractivity contribution in [1.82, 2.24) is 14.8 Å². The molecule has 4 rings (SSSR count). The average molecular weight is 538 g/mol. The summed E-state index contributed by atoms with van der Waals surface area (Å²) in [5.41, 5.74) is 2.49. The summed E-state index contributed by atoms with van der Waals surface area (Å²) in [7, 11) is 0. The molecule has 0 bridgehead atoms. The molecule has 1 aromatic heterocycles. The van der Waals surface area contributed by atoms with Crippen LogP contribution in [0.5, 0.6) is 11.5 Å². The molecule has 9 heteroatoms. The maximum absolute atomic E-state index is 13.1. The van der Waals surface area contributed by atoms with Crippen LogP contribution >= 0.6 is 11.8 Å². The number of nitrogens with zero attached hydrogens (tertiary/aromatic N) is 3. The highest BCUT2D eigenvalue weighted by atomic mass is 32.2. The van der Waals surface area contributed by atoms with Crippen LogP contribution in [-0.2, 0) is 12.0 Å². The summed E-state index contributed by atoms with van der Waals surface area (Å²) in [4.78, 5) is 13.1. The number of para-hydroxylation sites is 1. The van der Waals surface area contributed by atoms with Gasteiger partial charge in [-0.05, 0) is 66.4 Å². The quantitative estimate of drug-likeness (QED) is 0.159. The van der Waals surface area contributed by atoms with E-state index in [0.29, 0.717) is 16.5 Å². The topological polar surface area (TPSA) is 66.2 Å². The van der Waals surface area contributed by atoms with Gasteiger partial charge in [-0.1, -0.05) is 62.9 Å². The highest BCUT2D eigenvalue weighted by molar-refractivity contribution is 8.00. The zero-order valence-corrected chi connectivity index (χ0v) is 22.4. The molecule has 0 radical (unpaired) electrons. The Kier molecular flexibility index (Phi) is 8.46. The minimum Gasteiger partial charge on any atom is -0.486 e. The molecule has 1 atom stereocenters. The van der Waals surface area contributed by atoms with Gasteiger partial charge in [-0.15, -0.1) is 10.2 Å². The van der Waals surface area contributed by atoms with Crippen molar-refractivity contribution in [2.75, 3.05) is 0 Å². The van der Waals surface area contributed by atoms with E-state index < -0.39 is 11.9 Å². The van der Waals surface area contributed by atoms with Crippen LogP contribution in [-0.4, -0.2) is 32.4 Å². The Balaban J connectivity index is 1.52. The van der Waals surface area contributed by atoms with Gasteiger partial charge in [0.15, 0.2) is 16.8 Å². The van der Waals surface area contributed by atoms with Gasteiger partial charge in [-0.3, -0.25) is 9.36 Å². The van der Waals surface area contributed by atoms with E-state index in [0.717, 1.165) is 11.4 Å². The number of carbonyl (C=O) groups excluding carboxylic acids is 1. The van der Waals surface area contributed by atoms with Crippen LogP contribution in [0, 0.1) is 0 Å². The average Bonchev–Trinajstić information content (AvgIpc) is 3.29. The standard InChI is InChI=1S/C29H29F2N3O3S/c1-19(26(35)20-10-14-24(15-11-20)37-27(30)31)38-28-33-32-25(34(28)22-8-6-5-7-9-22)18-36-23-16-12-21(13-17-23)29(2,3)4/h5-17,19,27H,18H2,1-4H3. The Morgan fingerprint density at radius 3 is 2.16 bits per heavy atom. The Hall–Kier alpha value is -3.72. The highest BCUT2D eigenvalue weighted by Crippen LogP contribution is 2.29. The number of aromatic nitrogens is 3. The number of ether oxygens (including phenoxy) is 2. The first-order valence-electron chi connectivity index (χ1n) is 12.1. The predicted molar refractivity (Wildman–Crippen MR) is 144 cm³/mol. The third-order valence-electron chi connectivity index (χ3n) is 5.82. The first-order valence-corrected chi connectivity index (χ1v) is 13.0. The maximum atomic E-state index is 13.1. The second kappa shape index (κ2) is 11.8. The van der Waals surface area contributed by atoms with E-state index in [4.69, 9.17) is 4.74 Å².